The summed E-state index contributed by atoms with van der Waals surface area (Å²) in [6, 6.07) is 15.2. The van der Waals surface area contributed by atoms with E-state index in [1.54, 1.807) is 12.1 Å². The van der Waals surface area contributed by atoms with Crippen LogP contribution in [0.15, 0.2) is 64.8 Å². The van der Waals surface area contributed by atoms with E-state index in [1.165, 1.54) is 0 Å². The molecule has 0 radical (unpaired) electrons. The number of nitrogens with zero attached hydrogens (tertiary/aromatic N) is 1. The van der Waals surface area contributed by atoms with Crippen molar-refractivity contribution in [1.29, 1.82) is 0 Å². The van der Waals surface area contributed by atoms with Crippen molar-refractivity contribution in [2.75, 3.05) is 0 Å². The Morgan fingerprint density at radius 2 is 1.73 bits per heavy atom. The molecule has 0 amide bonds. The molecule has 2 aromatic rings. The topological polar surface area (TPSA) is 102 Å². The number of hydroxylamine groups is 1. The lowest BCUT2D eigenvalue weighted by Crippen LogP contribution is -2.31. The third-order valence-corrected chi connectivity index (χ3v) is 7.63. The van der Waals surface area contributed by atoms with Crippen LogP contribution in [0.25, 0.3) is 0 Å². The lowest BCUT2D eigenvalue weighted by Gasteiger charge is -2.16. The van der Waals surface area contributed by atoms with Gasteiger partial charge in [-0.05, 0) is 62.6 Å². The molecule has 0 bridgehead atoms. The van der Waals surface area contributed by atoms with Crippen molar-refractivity contribution in [3.05, 3.63) is 70.6 Å². The van der Waals surface area contributed by atoms with E-state index in [0.29, 0.717) is 4.90 Å². The first-order valence-electron chi connectivity index (χ1n) is 9.25. The molecule has 0 aliphatic carbocycles. The fraction of sp³-hybridized carbons (Fsp3) is 0.350. The van der Waals surface area contributed by atoms with Gasteiger partial charge in [0.2, 0.25) is 8.87 Å². The van der Waals surface area contributed by atoms with Gasteiger partial charge in [-0.15, -0.1) is 10.4 Å². The molecule has 0 aliphatic rings. The van der Waals surface area contributed by atoms with Crippen LogP contribution in [0.2, 0.25) is 0 Å². The van der Waals surface area contributed by atoms with E-state index >= 15 is 0 Å². The van der Waals surface area contributed by atoms with E-state index in [9.17, 15) is 18.1 Å². The molecule has 1 atom stereocenters. The molecule has 2 rings (SSSR count). The maximum atomic E-state index is 11.9. The lowest BCUT2D eigenvalue weighted by atomic mass is 10.1. The van der Waals surface area contributed by atoms with Gasteiger partial charge in [0.15, 0.2) is 5.34 Å². The Hall–Kier alpha value is -1.88. The number of aryl methyl sites for hydroxylation is 1. The number of benzene rings is 2. The summed E-state index contributed by atoms with van der Waals surface area (Å²) in [4.78, 5) is 24.9. The number of hydrogen-bond acceptors (Lipinski definition) is 8. The van der Waals surface area contributed by atoms with E-state index < -0.39 is 21.2 Å². The second kappa shape index (κ2) is 13.4. The molecular formula is C20H28N2O5S3. The van der Waals surface area contributed by atoms with E-state index in [-0.39, 0.29) is 24.7 Å². The first kappa shape index (κ1) is 26.2. The summed E-state index contributed by atoms with van der Waals surface area (Å²) < 4.78 is 30.5. The number of carbonyl (C=O) groups is 1. The maximum Gasteiger partial charge on any atom is 0.230 e. The van der Waals surface area contributed by atoms with Gasteiger partial charge in [0.1, 0.15) is 13.7 Å². The summed E-state index contributed by atoms with van der Waals surface area (Å²) in [7, 11) is -2.23. The van der Waals surface area contributed by atoms with Crippen molar-refractivity contribution < 1.29 is 19.5 Å². The summed E-state index contributed by atoms with van der Waals surface area (Å²) >= 11 is 0. The summed E-state index contributed by atoms with van der Waals surface area (Å²) in [5.74, 6) is 0. The molecule has 0 saturated carbocycles. The predicted octanol–water partition coefficient (Wildman–Crippen LogP) is 4.33. The molecular weight excluding hydrogens is 444 g/mol. The molecule has 0 aromatic heterocycles. The molecule has 2 aromatic carbocycles. The van der Waals surface area contributed by atoms with Crippen molar-refractivity contribution in [3.8, 4) is 0 Å². The highest BCUT2D eigenvalue weighted by atomic mass is 33.1. The normalized spacial score (nSPS) is 12.3. The van der Waals surface area contributed by atoms with Crippen LogP contribution < -0.4 is 5.48 Å². The maximum absolute atomic E-state index is 11.9. The number of carbonyl (C=O) groups excluding carboxylic acids is 1. The number of hydrogen-bond donors (Lipinski definition) is 1. The first-order chi connectivity index (χ1) is 13.9. The molecule has 1 unspecified atom stereocenters. The van der Waals surface area contributed by atoms with Gasteiger partial charge in [0, 0.05) is 4.75 Å². The summed E-state index contributed by atoms with van der Waals surface area (Å²) in [6.07, 6.45) is -0.582. The summed E-state index contributed by atoms with van der Waals surface area (Å²) in [5, 5.41) is 2.10. The van der Waals surface area contributed by atoms with Crippen LogP contribution >= 0.6 is 24.3 Å². The average Bonchev–Trinajstić information content (AvgIpc) is 2.65. The molecule has 0 saturated heterocycles. The van der Waals surface area contributed by atoms with Crippen molar-refractivity contribution >= 4 is 39.4 Å². The standard InChI is InChI=1S/C11H16O2S2.C9H10N2O3.H2S/c1-9-5-7-10(8-6-9)15(12,13)14-11(2,3)4;12-7-9(10-14-11-13)6-8-4-2-1-3-5-8;/h5-8H,1-4H3;1-5,7,9-10H,6H2;1H2/i;7T;. The van der Waals surface area contributed by atoms with Crippen molar-refractivity contribution in [3.63, 3.8) is 0 Å². The largest absolute Gasteiger partial charge is 0.301 e. The Morgan fingerprint density at radius 1 is 1.17 bits per heavy atom. The molecule has 166 valence electrons. The van der Waals surface area contributed by atoms with Gasteiger partial charge in [0.05, 0.1) is 4.90 Å². The predicted molar refractivity (Wildman–Crippen MR) is 126 cm³/mol. The second-order valence-electron chi connectivity index (χ2n) is 7.11. The van der Waals surface area contributed by atoms with Crippen LogP contribution in [-0.2, 0) is 25.0 Å². The Labute approximate surface area is 190 Å². The number of aldehydes is 1. The van der Waals surface area contributed by atoms with Crippen molar-refractivity contribution in [2.45, 2.75) is 49.8 Å². The fourth-order valence-electron chi connectivity index (χ4n) is 2.12. The Balaban J connectivity index is 0.000000562. The monoisotopic (exact) mass is 474 g/mol. The van der Waals surface area contributed by atoms with Crippen molar-refractivity contribution in [2.24, 2.45) is 5.34 Å². The highest BCUT2D eigenvalue weighted by Gasteiger charge is 2.24. The average molecular weight is 475 g/mol. The van der Waals surface area contributed by atoms with E-state index in [0.717, 1.165) is 21.9 Å². The van der Waals surface area contributed by atoms with Crippen LogP contribution in [0.3, 0.4) is 0 Å². The van der Waals surface area contributed by atoms with Gasteiger partial charge in [-0.3, -0.25) is 4.94 Å². The van der Waals surface area contributed by atoms with Gasteiger partial charge in [-0.2, -0.15) is 13.5 Å². The quantitative estimate of drug-likeness (QED) is 0.263. The van der Waals surface area contributed by atoms with Gasteiger partial charge in [0.25, 0.3) is 0 Å². The van der Waals surface area contributed by atoms with Crippen LogP contribution in [0, 0.1) is 11.8 Å². The Bertz CT molecular complexity index is 918. The minimum Gasteiger partial charge on any atom is -0.301 e. The zero-order chi connectivity index (χ0) is 22.8. The third-order valence-electron chi connectivity index (χ3n) is 3.33. The minimum atomic E-state index is -3.22. The van der Waals surface area contributed by atoms with Gasteiger partial charge < -0.3 is 4.79 Å². The Kier molecular flexibility index (Phi) is 11.7. The molecule has 0 spiro atoms. The zero-order valence-electron chi connectivity index (χ0n) is 18.3. The fourth-order valence-corrected chi connectivity index (χ4v) is 5.95. The highest BCUT2D eigenvalue weighted by Crippen LogP contribution is 2.34. The van der Waals surface area contributed by atoms with Gasteiger partial charge in [-0.1, -0.05) is 48.0 Å². The third kappa shape index (κ3) is 11.3. The first-order valence-corrected chi connectivity index (χ1v) is 11.6. The van der Waals surface area contributed by atoms with E-state index in [4.69, 9.17) is 1.37 Å². The minimum absolute atomic E-state index is 0. The highest BCUT2D eigenvalue weighted by molar-refractivity contribution is 8.72. The van der Waals surface area contributed by atoms with Crippen LogP contribution in [0.4, 0.5) is 0 Å². The van der Waals surface area contributed by atoms with Gasteiger partial charge >= 0.3 is 0 Å². The van der Waals surface area contributed by atoms with Crippen LogP contribution in [0.1, 0.15) is 33.3 Å². The number of nitrogens with one attached hydrogen (secondary N) is 1. The molecule has 0 aliphatic heterocycles. The van der Waals surface area contributed by atoms with Crippen molar-refractivity contribution in [1.82, 2.24) is 5.48 Å². The molecule has 1 N–H and O–H groups in total. The lowest BCUT2D eigenvalue weighted by molar-refractivity contribution is -0.113. The van der Waals surface area contributed by atoms with Gasteiger partial charge in [-0.25, -0.2) is 8.42 Å². The Morgan fingerprint density at radius 3 is 2.20 bits per heavy atom. The molecule has 0 fully saturated rings. The molecule has 0 heterocycles. The SMILES string of the molecule is Cc1ccc(S(=O)(=O)SC(C)(C)C)cc1.S.[3H]C(=O)C(Cc1ccccc1)NON=O. The second-order valence-corrected chi connectivity index (χ2v) is 11.7. The smallest absolute Gasteiger partial charge is 0.230 e. The van der Waals surface area contributed by atoms with Crippen LogP contribution in [0.5, 0.6) is 0 Å². The zero-order valence-corrected chi connectivity index (χ0v) is 19.9. The van der Waals surface area contributed by atoms with E-state index in [1.807, 2.05) is 70.2 Å². The molecule has 30 heavy (non-hydrogen) atoms. The summed E-state index contributed by atoms with van der Waals surface area (Å²) in [6.45, 7) is 7.61. The van der Waals surface area contributed by atoms with Crippen LogP contribution in [-0.4, -0.2) is 25.5 Å². The molecule has 7 nitrogen and oxygen atoms in total. The molecule has 10 heteroatoms. The summed E-state index contributed by atoms with van der Waals surface area (Å²) in [5.41, 5.74) is 4.03. The number of rotatable bonds is 8. The van der Waals surface area contributed by atoms with E-state index in [2.05, 4.69) is 15.8 Å².